The third-order valence-corrected chi connectivity index (χ3v) is 3.92. The van der Waals surface area contributed by atoms with Crippen molar-refractivity contribution in [1.29, 1.82) is 0 Å². The van der Waals surface area contributed by atoms with Crippen molar-refractivity contribution in [2.45, 2.75) is 20.8 Å². The lowest BCUT2D eigenvalue weighted by Gasteiger charge is -2.02. The second-order valence-corrected chi connectivity index (χ2v) is 5.34. The zero-order valence-electron chi connectivity index (χ0n) is 11.6. The van der Waals surface area contributed by atoms with Gasteiger partial charge in [0.1, 0.15) is 0 Å². The van der Waals surface area contributed by atoms with Gasteiger partial charge in [-0.05, 0) is 19.4 Å². The van der Waals surface area contributed by atoms with Crippen LogP contribution in [0.3, 0.4) is 0 Å². The number of aromatic nitrogens is 1. The van der Waals surface area contributed by atoms with Gasteiger partial charge in [0, 0.05) is 6.92 Å². The summed E-state index contributed by atoms with van der Waals surface area (Å²) in [6.07, 6.45) is 0. The molecule has 0 amide bonds. The molecule has 1 heterocycles. The largest absolute Gasteiger partial charge is 0.461 e. The van der Waals surface area contributed by atoms with Crippen molar-refractivity contribution in [3.8, 4) is 10.4 Å². The summed E-state index contributed by atoms with van der Waals surface area (Å²) in [5.74, 6) is -0.647. The number of esters is 1. The molecule has 4 nitrogen and oxygen atoms in total. The van der Waals surface area contributed by atoms with E-state index in [4.69, 9.17) is 4.74 Å². The van der Waals surface area contributed by atoms with Gasteiger partial charge in [-0.3, -0.25) is 4.79 Å². The zero-order chi connectivity index (χ0) is 14.7. The molecule has 0 aliphatic rings. The van der Waals surface area contributed by atoms with E-state index in [0.717, 1.165) is 11.1 Å². The average Bonchev–Trinajstić information content (AvgIpc) is 2.85. The van der Waals surface area contributed by atoms with Crippen LogP contribution in [0.5, 0.6) is 0 Å². The molecule has 0 atom stereocenters. The Hall–Kier alpha value is -2.01. The molecular weight excluding hydrogens is 274 g/mol. The Kier molecular flexibility index (Phi) is 4.29. The zero-order valence-corrected chi connectivity index (χ0v) is 12.4. The van der Waals surface area contributed by atoms with Gasteiger partial charge < -0.3 is 4.74 Å². The predicted octanol–water partition coefficient (Wildman–Crippen LogP) is 3.50. The highest BCUT2D eigenvalue weighted by Gasteiger charge is 2.22. The number of rotatable bonds is 4. The van der Waals surface area contributed by atoms with Gasteiger partial charge in [-0.15, -0.1) is 11.3 Å². The van der Waals surface area contributed by atoms with Crippen molar-refractivity contribution in [2.75, 3.05) is 6.61 Å². The van der Waals surface area contributed by atoms with Crippen LogP contribution in [0.2, 0.25) is 0 Å². The number of carbonyl (C=O) groups is 2. The minimum atomic E-state index is -0.494. The van der Waals surface area contributed by atoms with Gasteiger partial charge in [0.2, 0.25) is 0 Å². The van der Waals surface area contributed by atoms with Crippen LogP contribution < -0.4 is 0 Å². The van der Waals surface area contributed by atoms with Crippen LogP contribution in [0, 0.1) is 6.92 Å². The van der Waals surface area contributed by atoms with Crippen molar-refractivity contribution in [3.05, 3.63) is 40.5 Å². The number of ketones is 1. The van der Waals surface area contributed by atoms with Crippen molar-refractivity contribution < 1.29 is 14.3 Å². The topological polar surface area (TPSA) is 56.3 Å². The first kappa shape index (κ1) is 14.4. The Labute approximate surface area is 121 Å². The number of thiazole rings is 1. The standard InChI is InChI=1S/C15H15NO3S/c1-4-19-15(18)12-13(20-14(16-12)10(3)17)11-7-5-9(2)6-8-11/h5-8H,4H2,1-3H3. The van der Waals surface area contributed by atoms with Gasteiger partial charge in [-0.1, -0.05) is 29.8 Å². The normalized spacial score (nSPS) is 10.3. The van der Waals surface area contributed by atoms with E-state index in [0.29, 0.717) is 9.88 Å². The molecule has 20 heavy (non-hydrogen) atoms. The molecule has 1 aromatic carbocycles. The first-order valence-electron chi connectivity index (χ1n) is 6.28. The molecule has 0 N–H and O–H groups in total. The van der Waals surface area contributed by atoms with Crippen LogP contribution in [0.4, 0.5) is 0 Å². The number of hydrogen-bond acceptors (Lipinski definition) is 5. The smallest absolute Gasteiger partial charge is 0.358 e. The summed E-state index contributed by atoms with van der Waals surface area (Å²) >= 11 is 1.22. The van der Waals surface area contributed by atoms with Crippen molar-refractivity contribution in [1.82, 2.24) is 4.98 Å². The van der Waals surface area contributed by atoms with Crippen molar-refractivity contribution in [3.63, 3.8) is 0 Å². The number of carbonyl (C=O) groups excluding carboxylic acids is 2. The van der Waals surface area contributed by atoms with Gasteiger partial charge in [-0.2, -0.15) is 0 Å². The predicted molar refractivity (Wildman–Crippen MR) is 78.2 cm³/mol. The summed E-state index contributed by atoms with van der Waals surface area (Å²) in [5, 5.41) is 0.323. The Morgan fingerprint density at radius 3 is 2.45 bits per heavy atom. The second kappa shape index (κ2) is 5.96. The molecule has 0 saturated carbocycles. The van der Waals surface area contributed by atoms with Crippen molar-refractivity contribution >= 4 is 23.1 Å². The second-order valence-electron chi connectivity index (χ2n) is 4.34. The quantitative estimate of drug-likeness (QED) is 0.638. The highest BCUT2D eigenvalue weighted by atomic mass is 32.1. The highest BCUT2D eigenvalue weighted by molar-refractivity contribution is 7.17. The first-order valence-corrected chi connectivity index (χ1v) is 7.10. The monoisotopic (exact) mass is 289 g/mol. The number of ether oxygens (including phenoxy) is 1. The van der Waals surface area contributed by atoms with Crippen LogP contribution in [-0.4, -0.2) is 23.3 Å². The highest BCUT2D eigenvalue weighted by Crippen LogP contribution is 2.31. The summed E-state index contributed by atoms with van der Waals surface area (Å²) in [4.78, 5) is 28.2. The van der Waals surface area contributed by atoms with Gasteiger partial charge in [0.05, 0.1) is 11.5 Å². The van der Waals surface area contributed by atoms with Crippen LogP contribution in [0.15, 0.2) is 24.3 Å². The summed E-state index contributed by atoms with van der Waals surface area (Å²) in [7, 11) is 0. The summed E-state index contributed by atoms with van der Waals surface area (Å²) in [6, 6.07) is 7.74. The Bertz CT molecular complexity index is 644. The molecule has 0 bridgehead atoms. The van der Waals surface area contributed by atoms with Gasteiger partial charge >= 0.3 is 5.97 Å². The maximum Gasteiger partial charge on any atom is 0.358 e. The van der Waals surface area contributed by atoms with Gasteiger partial charge in [0.25, 0.3) is 0 Å². The Morgan fingerprint density at radius 1 is 1.25 bits per heavy atom. The van der Waals surface area contributed by atoms with E-state index in [1.807, 2.05) is 31.2 Å². The fourth-order valence-electron chi connectivity index (χ4n) is 1.71. The molecule has 104 valence electrons. The molecule has 0 aliphatic heterocycles. The minimum absolute atomic E-state index is 0.154. The van der Waals surface area contributed by atoms with E-state index in [2.05, 4.69) is 4.98 Å². The molecule has 0 saturated heterocycles. The van der Waals surface area contributed by atoms with E-state index in [1.165, 1.54) is 18.3 Å². The van der Waals surface area contributed by atoms with Gasteiger partial charge in [-0.25, -0.2) is 9.78 Å². The first-order chi connectivity index (χ1) is 9.52. The molecule has 2 rings (SSSR count). The molecule has 5 heteroatoms. The number of aryl methyl sites for hydroxylation is 1. The van der Waals surface area contributed by atoms with E-state index in [9.17, 15) is 9.59 Å². The Morgan fingerprint density at radius 2 is 1.90 bits per heavy atom. The number of benzene rings is 1. The SMILES string of the molecule is CCOC(=O)c1nc(C(C)=O)sc1-c1ccc(C)cc1. The summed E-state index contributed by atoms with van der Waals surface area (Å²) in [6.45, 7) is 5.44. The fourth-order valence-corrected chi connectivity index (χ4v) is 2.66. The van der Waals surface area contributed by atoms with Crippen LogP contribution in [-0.2, 0) is 4.74 Å². The lowest BCUT2D eigenvalue weighted by molar-refractivity contribution is 0.0521. The average molecular weight is 289 g/mol. The molecule has 0 spiro atoms. The lowest BCUT2D eigenvalue weighted by Crippen LogP contribution is -2.07. The van der Waals surface area contributed by atoms with Crippen molar-refractivity contribution in [2.24, 2.45) is 0 Å². The van der Waals surface area contributed by atoms with Crippen LogP contribution in [0.25, 0.3) is 10.4 Å². The van der Waals surface area contributed by atoms with Crippen LogP contribution in [0.1, 0.15) is 39.7 Å². The Balaban J connectivity index is 2.52. The molecule has 0 unspecified atom stereocenters. The maximum absolute atomic E-state index is 12.0. The third kappa shape index (κ3) is 2.93. The fraction of sp³-hybridized carbons (Fsp3) is 0.267. The summed E-state index contributed by atoms with van der Waals surface area (Å²) in [5.41, 5.74) is 2.21. The van der Waals surface area contributed by atoms with Gasteiger partial charge in [0.15, 0.2) is 16.5 Å². The summed E-state index contributed by atoms with van der Waals surface area (Å²) < 4.78 is 5.00. The number of nitrogens with zero attached hydrogens (tertiary/aromatic N) is 1. The molecule has 0 radical (unpaired) electrons. The van der Waals surface area contributed by atoms with E-state index in [-0.39, 0.29) is 18.1 Å². The molecule has 1 aromatic heterocycles. The number of Topliss-reactive ketones (excluding diaryl/α,β-unsaturated/α-hetero) is 1. The number of hydrogen-bond donors (Lipinski definition) is 0. The van der Waals surface area contributed by atoms with E-state index in [1.54, 1.807) is 6.92 Å². The minimum Gasteiger partial charge on any atom is -0.461 e. The third-order valence-electron chi connectivity index (χ3n) is 2.71. The molecular formula is C15H15NO3S. The molecule has 0 fully saturated rings. The molecule has 0 aliphatic carbocycles. The molecule has 2 aromatic rings. The maximum atomic E-state index is 12.0. The van der Waals surface area contributed by atoms with E-state index < -0.39 is 5.97 Å². The van der Waals surface area contributed by atoms with E-state index >= 15 is 0 Å². The van der Waals surface area contributed by atoms with Crippen LogP contribution >= 0.6 is 11.3 Å². The lowest BCUT2D eigenvalue weighted by atomic mass is 10.1.